The minimum Gasteiger partial charge on any atom is -0.497 e. The zero-order valence-corrected chi connectivity index (χ0v) is 15.2. The number of carbonyl (C=O) groups is 1. The molecule has 7 heteroatoms. The maximum absolute atomic E-state index is 12.5. The van der Waals surface area contributed by atoms with Crippen LogP contribution in [0.5, 0.6) is 11.5 Å². The number of ether oxygens (including phenoxy) is 2. The molecule has 1 aromatic carbocycles. The van der Waals surface area contributed by atoms with E-state index in [1.54, 1.807) is 55.9 Å². The summed E-state index contributed by atoms with van der Waals surface area (Å²) >= 11 is 0. The molecular weight excluding hydrogens is 348 g/mol. The van der Waals surface area contributed by atoms with Crippen LogP contribution in [0.3, 0.4) is 0 Å². The lowest BCUT2D eigenvalue weighted by Gasteiger charge is -2.29. The molecule has 1 heterocycles. The highest BCUT2D eigenvalue weighted by Crippen LogP contribution is 2.38. The molecule has 2 unspecified atom stereocenters. The summed E-state index contributed by atoms with van der Waals surface area (Å²) in [6.45, 7) is 0.530. The third-order valence-corrected chi connectivity index (χ3v) is 4.86. The molecule has 1 amide bonds. The van der Waals surface area contributed by atoms with Gasteiger partial charge in [0.15, 0.2) is 0 Å². The van der Waals surface area contributed by atoms with Gasteiger partial charge in [0.1, 0.15) is 11.5 Å². The molecule has 3 N–H and O–H groups in total. The largest absolute Gasteiger partial charge is 0.497 e. The average molecular weight is 372 g/mol. The van der Waals surface area contributed by atoms with Gasteiger partial charge in [0.2, 0.25) is 0 Å². The molecular formula is C20H24N2O5. The van der Waals surface area contributed by atoms with Gasteiger partial charge in [0.05, 0.1) is 32.1 Å². The number of hydrogen-bond donors (Lipinski definition) is 3. The Balaban J connectivity index is 1.67. The second kappa shape index (κ2) is 8.37. The van der Waals surface area contributed by atoms with Gasteiger partial charge < -0.3 is 25.0 Å². The van der Waals surface area contributed by atoms with Gasteiger partial charge in [0.25, 0.3) is 5.91 Å². The van der Waals surface area contributed by atoms with E-state index < -0.39 is 17.6 Å². The van der Waals surface area contributed by atoms with Gasteiger partial charge in [-0.15, -0.1) is 0 Å². The van der Waals surface area contributed by atoms with Crippen molar-refractivity contribution >= 4 is 5.91 Å². The second-order valence-corrected chi connectivity index (χ2v) is 6.93. The van der Waals surface area contributed by atoms with E-state index >= 15 is 0 Å². The third-order valence-electron chi connectivity index (χ3n) is 4.86. The van der Waals surface area contributed by atoms with Crippen molar-refractivity contribution in [2.45, 2.75) is 25.0 Å². The summed E-state index contributed by atoms with van der Waals surface area (Å²) in [7, 11) is 1.54. The van der Waals surface area contributed by atoms with Crippen molar-refractivity contribution in [3.05, 3.63) is 54.4 Å². The Hall–Kier alpha value is -2.64. The van der Waals surface area contributed by atoms with Gasteiger partial charge in [-0.2, -0.15) is 0 Å². The van der Waals surface area contributed by atoms with Crippen molar-refractivity contribution in [3.63, 3.8) is 0 Å². The number of hydrogen-bond acceptors (Lipinski definition) is 6. The first-order valence-corrected chi connectivity index (χ1v) is 8.83. The fourth-order valence-electron chi connectivity index (χ4n) is 3.36. The molecule has 1 aromatic heterocycles. The summed E-state index contributed by atoms with van der Waals surface area (Å²) in [5.74, 6) is 0.960. The van der Waals surface area contributed by atoms with E-state index in [0.717, 1.165) is 0 Å². The summed E-state index contributed by atoms with van der Waals surface area (Å²) in [4.78, 5) is 16.5. The lowest BCUT2D eigenvalue weighted by molar-refractivity contribution is 0.0438. The van der Waals surface area contributed by atoms with E-state index in [0.29, 0.717) is 29.9 Å². The van der Waals surface area contributed by atoms with E-state index in [1.807, 2.05) is 0 Å². The van der Waals surface area contributed by atoms with Gasteiger partial charge >= 0.3 is 0 Å². The molecule has 0 aliphatic heterocycles. The number of rotatable bonds is 7. The van der Waals surface area contributed by atoms with Crippen LogP contribution < -0.4 is 14.8 Å². The minimum atomic E-state index is -0.837. The first kappa shape index (κ1) is 19.1. The van der Waals surface area contributed by atoms with Gasteiger partial charge in [0, 0.05) is 23.7 Å². The van der Waals surface area contributed by atoms with Gasteiger partial charge in [-0.25, -0.2) is 0 Å². The topological polar surface area (TPSA) is 101 Å². The summed E-state index contributed by atoms with van der Waals surface area (Å²) in [6, 6.07) is 10.4. The van der Waals surface area contributed by atoms with E-state index in [4.69, 9.17) is 9.47 Å². The highest BCUT2D eigenvalue weighted by atomic mass is 16.5. The van der Waals surface area contributed by atoms with Gasteiger partial charge in [-0.05, 0) is 43.2 Å². The summed E-state index contributed by atoms with van der Waals surface area (Å²) in [5.41, 5.74) is -0.0831. The minimum absolute atomic E-state index is 0.245. The number of nitrogens with one attached hydrogen (secondary N) is 1. The zero-order chi connectivity index (χ0) is 19.3. The van der Waals surface area contributed by atoms with Crippen molar-refractivity contribution in [2.24, 2.45) is 5.41 Å². The molecule has 1 fully saturated rings. The molecule has 2 aromatic rings. The smallest absolute Gasteiger partial charge is 0.251 e. The molecule has 27 heavy (non-hydrogen) atoms. The Morgan fingerprint density at radius 2 is 1.96 bits per heavy atom. The maximum atomic E-state index is 12.5. The second-order valence-electron chi connectivity index (χ2n) is 6.93. The van der Waals surface area contributed by atoms with E-state index in [1.165, 1.54) is 0 Å². The molecule has 7 nitrogen and oxygen atoms in total. The molecule has 2 atom stereocenters. The molecule has 0 bridgehead atoms. The van der Waals surface area contributed by atoms with Crippen molar-refractivity contribution < 1.29 is 24.5 Å². The molecule has 144 valence electrons. The normalized spacial score (nSPS) is 24.4. The van der Waals surface area contributed by atoms with Crippen LogP contribution in [0.15, 0.2) is 48.8 Å². The van der Waals surface area contributed by atoms with Crippen LogP contribution in [0.4, 0.5) is 0 Å². The predicted octanol–water partition coefficient (Wildman–Crippen LogP) is 1.40. The van der Waals surface area contributed by atoms with Crippen LogP contribution in [-0.2, 0) is 0 Å². The Bertz CT molecular complexity index is 758. The van der Waals surface area contributed by atoms with Gasteiger partial charge in [-0.3, -0.25) is 9.78 Å². The number of amides is 1. The van der Waals surface area contributed by atoms with Crippen LogP contribution in [-0.4, -0.2) is 53.6 Å². The predicted molar refractivity (Wildman–Crippen MR) is 98.7 cm³/mol. The highest BCUT2D eigenvalue weighted by Gasteiger charge is 2.45. The highest BCUT2D eigenvalue weighted by molar-refractivity contribution is 5.94. The zero-order valence-electron chi connectivity index (χ0n) is 15.2. The number of nitrogens with zero attached hydrogens (tertiary/aromatic N) is 1. The van der Waals surface area contributed by atoms with Crippen molar-refractivity contribution in [1.82, 2.24) is 10.3 Å². The number of pyridine rings is 1. The Labute approximate surface area is 158 Å². The van der Waals surface area contributed by atoms with E-state index in [-0.39, 0.29) is 19.1 Å². The first-order chi connectivity index (χ1) is 13.0. The van der Waals surface area contributed by atoms with Crippen LogP contribution in [0.25, 0.3) is 0 Å². The van der Waals surface area contributed by atoms with E-state index in [2.05, 4.69) is 10.3 Å². The number of aliphatic hydroxyl groups excluding tert-OH is 2. The molecule has 0 saturated heterocycles. The quantitative estimate of drug-likeness (QED) is 0.679. The van der Waals surface area contributed by atoms with E-state index in [9.17, 15) is 15.0 Å². The lowest BCUT2D eigenvalue weighted by Crippen LogP contribution is -2.40. The fourth-order valence-corrected chi connectivity index (χ4v) is 3.36. The van der Waals surface area contributed by atoms with Crippen molar-refractivity contribution in [3.8, 4) is 11.5 Å². The fraction of sp³-hybridized carbons (Fsp3) is 0.400. The molecule has 3 rings (SSSR count). The number of methoxy groups -OCH3 is 1. The van der Waals surface area contributed by atoms with Crippen molar-refractivity contribution in [1.29, 1.82) is 0 Å². The number of aromatic nitrogens is 1. The Morgan fingerprint density at radius 1 is 1.22 bits per heavy atom. The summed E-state index contributed by atoms with van der Waals surface area (Å²) in [6.07, 6.45) is 2.26. The Kier molecular flexibility index (Phi) is 5.93. The standard InChI is InChI=1S/C20H24N2O5/c1-26-15-5-2-4-14(8-15)19(25)22-12-20(9-17(23)18(24)10-20)13-27-16-6-3-7-21-11-16/h2-8,11,17-18,23-24H,9-10,12-13H2,1H3,(H,22,25). The van der Waals surface area contributed by atoms with Crippen LogP contribution in [0.2, 0.25) is 0 Å². The number of benzene rings is 1. The summed E-state index contributed by atoms with van der Waals surface area (Å²) < 4.78 is 11.0. The maximum Gasteiger partial charge on any atom is 0.251 e. The number of carbonyl (C=O) groups excluding carboxylic acids is 1. The molecule has 1 aliphatic rings. The lowest BCUT2D eigenvalue weighted by atomic mass is 9.86. The third kappa shape index (κ3) is 4.75. The monoisotopic (exact) mass is 372 g/mol. The molecule has 0 spiro atoms. The SMILES string of the molecule is COc1cccc(C(=O)NCC2(COc3cccnc3)CC(O)C(O)C2)c1. The molecule has 1 saturated carbocycles. The summed E-state index contributed by atoms with van der Waals surface area (Å²) in [5, 5.41) is 23.0. The number of aliphatic hydroxyl groups is 2. The van der Waals surface area contributed by atoms with Crippen molar-refractivity contribution in [2.75, 3.05) is 20.3 Å². The van der Waals surface area contributed by atoms with Crippen LogP contribution in [0.1, 0.15) is 23.2 Å². The molecule has 0 radical (unpaired) electrons. The van der Waals surface area contributed by atoms with Gasteiger partial charge in [-0.1, -0.05) is 6.07 Å². The Morgan fingerprint density at radius 3 is 2.63 bits per heavy atom. The average Bonchev–Trinajstić information content (AvgIpc) is 2.99. The van der Waals surface area contributed by atoms with Crippen LogP contribution >= 0.6 is 0 Å². The molecule has 1 aliphatic carbocycles. The first-order valence-electron chi connectivity index (χ1n) is 8.83. The van der Waals surface area contributed by atoms with Crippen LogP contribution in [0, 0.1) is 5.41 Å².